The van der Waals surface area contributed by atoms with E-state index in [0.717, 1.165) is 0 Å². The van der Waals surface area contributed by atoms with Crippen LogP contribution in [0, 0.1) is 5.92 Å². The van der Waals surface area contributed by atoms with Gasteiger partial charge in [-0.3, -0.25) is 11.3 Å². The maximum atomic E-state index is 5.83. The van der Waals surface area contributed by atoms with Gasteiger partial charge in [-0.25, -0.2) is 0 Å². The molecule has 0 saturated heterocycles. The molecule has 0 spiro atoms. The molecule has 0 amide bonds. The van der Waals surface area contributed by atoms with E-state index in [1.54, 1.807) is 0 Å². The van der Waals surface area contributed by atoms with Crippen molar-refractivity contribution in [2.24, 2.45) is 11.8 Å². The average molecular weight is 240 g/mol. The zero-order valence-corrected chi connectivity index (χ0v) is 10.6. The van der Waals surface area contributed by atoms with Gasteiger partial charge in [0.2, 0.25) is 0 Å². The smallest absolute Gasteiger partial charge is 0.0494 e. The van der Waals surface area contributed by atoms with Crippen molar-refractivity contribution >= 4 is 10.8 Å². The quantitative estimate of drug-likeness (QED) is 0.636. The van der Waals surface area contributed by atoms with E-state index < -0.39 is 0 Å². The van der Waals surface area contributed by atoms with Crippen molar-refractivity contribution in [3.8, 4) is 0 Å². The molecule has 0 heterocycles. The third kappa shape index (κ3) is 2.02. The molecule has 1 fully saturated rings. The molecule has 2 nitrogen and oxygen atoms in total. The van der Waals surface area contributed by atoms with Gasteiger partial charge in [0.05, 0.1) is 0 Å². The third-order valence-corrected chi connectivity index (χ3v) is 4.21. The Morgan fingerprint density at radius 3 is 2.50 bits per heavy atom. The van der Waals surface area contributed by atoms with Crippen LogP contribution in [0.3, 0.4) is 0 Å². The lowest BCUT2D eigenvalue weighted by Crippen LogP contribution is -2.32. The Morgan fingerprint density at radius 1 is 1.00 bits per heavy atom. The lowest BCUT2D eigenvalue weighted by atomic mass is 9.89. The minimum atomic E-state index is 0.290. The number of hydrazine groups is 1. The van der Waals surface area contributed by atoms with Gasteiger partial charge >= 0.3 is 0 Å². The van der Waals surface area contributed by atoms with Crippen molar-refractivity contribution in [2.75, 3.05) is 0 Å². The molecule has 1 unspecified atom stereocenters. The average Bonchev–Trinajstić information content (AvgIpc) is 2.94. The highest BCUT2D eigenvalue weighted by Crippen LogP contribution is 2.37. The van der Waals surface area contributed by atoms with E-state index >= 15 is 0 Å². The molecule has 1 atom stereocenters. The van der Waals surface area contributed by atoms with E-state index in [4.69, 9.17) is 5.84 Å². The highest BCUT2D eigenvalue weighted by Gasteiger charge is 2.26. The Balaban J connectivity index is 2.06. The summed E-state index contributed by atoms with van der Waals surface area (Å²) in [6.07, 6.45) is 5.26. The van der Waals surface area contributed by atoms with Crippen molar-refractivity contribution in [2.45, 2.75) is 31.7 Å². The van der Waals surface area contributed by atoms with Gasteiger partial charge in [-0.2, -0.15) is 0 Å². The van der Waals surface area contributed by atoms with Gasteiger partial charge in [0, 0.05) is 6.04 Å². The molecule has 1 aliphatic rings. The van der Waals surface area contributed by atoms with Crippen LogP contribution in [0.5, 0.6) is 0 Å². The molecule has 2 aromatic rings. The first-order chi connectivity index (χ1) is 8.90. The van der Waals surface area contributed by atoms with Crippen LogP contribution in [0.1, 0.15) is 37.3 Å². The van der Waals surface area contributed by atoms with Crippen LogP contribution in [0.4, 0.5) is 0 Å². The summed E-state index contributed by atoms with van der Waals surface area (Å²) in [7, 11) is 0. The number of rotatable bonds is 3. The summed E-state index contributed by atoms with van der Waals surface area (Å²) < 4.78 is 0. The SMILES string of the molecule is NNC(c1cccc2ccccc12)C1CCCC1. The summed E-state index contributed by atoms with van der Waals surface area (Å²) in [5, 5.41) is 2.63. The molecule has 1 saturated carbocycles. The normalized spacial score (nSPS) is 18.3. The van der Waals surface area contributed by atoms with E-state index in [9.17, 15) is 0 Å². The minimum Gasteiger partial charge on any atom is -0.271 e. The summed E-state index contributed by atoms with van der Waals surface area (Å²) in [5.41, 5.74) is 4.40. The van der Waals surface area contributed by atoms with Gasteiger partial charge in [0.1, 0.15) is 0 Å². The van der Waals surface area contributed by atoms with Crippen LogP contribution >= 0.6 is 0 Å². The number of hydrogen-bond donors (Lipinski definition) is 2. The first kappa shape index (κ1) is 11.7. The molecule has 0 bridgehead atoms. The summed E-state index contributed by atoms with van der Waals surface area (Å²) >= 11 is 0. The van der Waals surface area contributed by atoms with E-state index in [1.807, 2.05) is 0 Å². The van der Waals surface area contributed by atoms with Crippen molar-refractivity contribution in [3.63, 3.8) is 0 Å². The van der Waals surface area contributed by atoms with Crippen LogP contribution < -0.4 is 11.3 Å². The molecule has 18 heavy (non-hydrogen) atoms. The van der Waals surface area contributed by atoms with Gasteiger partial charge in [-0.05, 0) is 35.1 Å². The monoisotopic (exact) mass is 240 g/mol. The summed E-state index contributed by atoms with van der Waals surface area (Å²) in [4.78, 5) is 0. The maximum Gasteiger partial charge on any atom is 0.0494 e. The van der Waals surface area contributed by atoms with Gasteiger partial charge in [-0.15, -0.1) is 0 Å². The Labute approximate surface area is 108 Å². The molecule has 2 aromatic carbocycles. The van der Waals surface area contributed by atoms with Crippen LogP contribution in [0.2, 0.25) is 0 Å². The predicted molar refractivity (Wildman–Crippen MR) is 76.0 cm³/mol. The third-order valence-electron chi connectivity index (χ3n) is 4.21. The molecule has 2 heteroatoms. The molecule has 3 N–H and O–H groups in total. The van der Waals surface area contributed by atoms with Gasteiger partial charge in [0.15, 0.2) is 0 Å². The van der Waals surface area contributed by atoms with Crippen LogP contribution in [-0.2, 0) is 0 Å². The fourth-order valence-electron chi connectivity index (χ4n) is 3.29. The second-order valence-electron chi connectivity index (χ2n) is 5.26. The van der Waals surface area contributed by atoms with E-state index in [0.29, 0.717) is 12.0 Å². The molecule has 0 radical (unpaired) electrons. The topological polar surface area (TPSA) is 38.0 Å². The van der Waals surface area contributed by atoms with Gasteiger partial charge in [0.25, 0.3) is 0 Å². The Bertz CT molecular complexity index is 524. The van der Waals surface area contributed by atoms with Crippen LogP contribution in [0.25, 0.3) is 10.8 Å². The zero-order chi connectivity index (χ0) is 12.4. The Morgan fingerprint density at radius 2 is 1.72 bits per heavy atom. The maximum absolute atomic E-state index is 5.83. The van der Waals surface area contributed by atoms with Crippen LogP contribution in [-0.4, -0.2) is 0 Å². The fourth-order valence-corrected chi connectivity index (χ4v) is 3.29. The fraction of sp³-hybridized carbons (Fsp3) is 0.375. The first-order valence-electron chi connectivity index (χ1n) is 6.84. The lowest BCUT2D eigenvalue weighted by molar-refractivity contribution is 0.375. The first-order valence-corrected chi connectivity index (χ1v) is 6.84. The summed E-state index contributed by atoms with van der Waals surface area (Å²) in [6.45, 7) is 0. The molecule has 0 aromatic heterocycles. The Kier molecular flexibility index (Phi) is 3.31. The molecular formula is C16H20N2. The standard InChI is InChI=1S/C16H20N2/c17-18-16(13-7-1-2-8-13)15-11-5-9-12-6-3-4-10-14(12)15/h3-6,9-11,13,16,18H,1-2,7-8,17H2. The molecule has 1 aliphatic carbocycles. The minimum absolute atomic E-state index is 0.290. The number of hydrogen-bond acceptors (Lipinski definition) is 2. The molecule has 0 aliphatic heterocycles. The van der Waals surface area contributed by atoms with Crippen LogP contribution in [0.15, 0.2) is 42.5 Å². The molecule has 3 rings (SSSR count). The predicted octanol–water partition coefficient (Wildman–Crippen LogP) is 3.53. The second kappa shape index (κ2) is 5.09. The van der Waals surface area contributed by atoms with Crippen molar-refractivity contribution in [1.29, 1.82) is 0 Å². The van der Waals surface area contributed by atoms with Crippen molar-refractivity contribution in [3.05, 3.63) is 48.0 Å². The molecular weight excluding hydrogens is 220 g/mol. The number of nitrogens with two attached hydrogens (primary N) is 1. The van der Waals surface area contributed by atoms with Gasteiger partial charge in [-0.1, -0.05) is 55.3 Å². The van der Waals surface area contributed by atoms with Gasteiger partial charge < -0.3 is 0 Å². The molecule has 94 valence electrons. The number of benzene rings is 2. The van der Waals surface area contributed by atoms with E-state index in [1.165, 1.54) is 42.0 Å². The lowest BCUT2D eigenvalue weighted by Gasteiger charge is -2.24. The second-order valence-corrected chi connectivity index (χ2v) is 5.26. The zero-order valence-electron chi connectivity index (χ0n) is 10.6. The van der Waals surface area contributed by atoms with E-state index in [-0.39, 0.29) is 0 Å². The summed E-state index contributed by atoms with van der Waals surface area (Å²) in [5.74, 6) is 6.51. The highest BCUT2D eigenvalue weighted by atomic mass is 15.2. The van der Waals surface area contributed by atoms with Crippen molar-refractivity contribution in [1.82, 2.24) is 5.43 Å². The number of fused-ring (bicyclic) bond motifs is 1. The largest absolute Gasteiger partial charge is 0.271 e. The number of nitrogens with one attached hydrogen (secondary N) is 1. The summed E-state index contributed by atoms with van der Waals surface area (Å²) in [6, 6.07) is 15.4. The van der Waals surface area contributed by atoms with E-state index in [2.05, 4.69) is 47.9 Å². The van der Waals surface area contributed by atoms with Crippen molar-refractivity contribution < 1.29 is 0 Å². The Hall–Kier alpha value is -1.38. The highest BCUT2D eigenvalue weighted by molar-refractivity contribution is 5.86.